The number of hydrogen-bond donors (Lipinski definition) is 4. The van der Waals surface area contributed by atoms with E-state index in [2.05, 4.69) is 12.1 Å². The average molecular weight is 439 g/mol. The van der Waals surface area contributed by atoms with Gasteiger partial charge >= 0.3 is 0 Å². The Morgan fingerprint density at radius 3 is 1.24 bits per heavy atom. The summed E-state index contributed by atoms with van der Waals surface area (Å²) in [4.78, 5) is 0. The molecule has 0 radical (unpaired) electrons. The predicted molar refractivity (Wildman–Crippen MR) is 136 cm³/mol. The number of aromatic hydroxyl groups is 2. The lowest BCUT2D eigenvalue weighted by molar-refractivity contribution is 0.469. The lowest BCUT2D eigenvalue weighted by Crippen LogP contribution is -1.96. The number of rotatable bonds is 8. The third-order valence-electron chi connectivity index (χ3n) is 5.97. The Labute approximate surface area is 195 Å². The van der Waals surface area contributed by atoms with Gasteiger partial charge in [-0.1, -0.05) is 48.5 Å². The second-order valence-electron chi connectivity index (χ2n) is 8.62. The fraction of sp³-hybridized carbons (Fsp3) is 0.172. The van der Waals surface area contributed by atoms with E-state index in [1.807, 2.05) is 60.7 Å². The number of phenolic OH excluding ortho intramolecular Hbond substituents is 2. The fourth-order valence-corrected chi connectivity index (χ4v) is 4.08. The Morgan fingerprint density at radius 2 is 0.848 bits per heavy atom. The van der Waals surface area contributed by atoms with Gasteiger partial charge in [-0.05, 0) is 89.0 Å². The van der Waals surface area contributed by atoms with Crippen LogP contribution in [0.2, 0.25) is 0 Å². The van der Waals surface area contributed by atoms with E-state index in [0.717, 1.165) is 52.9 Å². The van der Waals surface area contributed by atoms with Gasteiger partial charge < -0.3 is 21.7 Å². The first-order chi connectivity index (χ1) is 16.0. The second kappa shape index (κ2) is 10.1. The summed E-state index contributed by atoms with van der Waals surface area (Å²) in [6.07, 6.45) is 4.17. The minimum Gasteiger partial charge on any atom is -0.508 e. The van der Waals surface area contributed by atoms with Crippen LogP contribution in [0, 0.1) is 0 Å². The third kappa shape index (κ3) is 6.07. The average Bonchev–Trinajstić information content (AvgIpc) is 2.81. The van der Waals surface area contributed by atoms with Crippen LogP contribution in [0.25, 0.3) is 0 Å². The maximum absolute atomic E-state index is 10.3. The number of benzene rings is 4. The van der Waals surface area contributed by atoms with Gasteiger partial charge in [0, 0.05) is 24.2 Å². The largest absolute Gasteiger partial charge is 0.508 e. The standard InChI is InChI=1S/C29H30N2O2/c30-26-10-4-22(5-11-26)18-24-16-20(8-14-28(24)32)2-1-3-21-9-15-29(33)25(17-21)19-23-6-12-27(31)13-7-23/h4-17,32-33H,1-3,18-19,30-31H2. The molecule has 0 aromatic heterocycles. The van der Waals surface area contributed by atoms with Gasteiger partial charge in [0.2, 0.25) is 0 Å². The highest BCUT2D eigenvalue weighted by Crippen LogP contribution is 2.25. The van der Waals surface area contributed by atoms with Crippen LogP contribution in [0.15, 0.2) is 84.9 Å². The highest BCUT2D eigenvalue weighted by Gasteiger charge is 2.07. The van der Waals surface area contributed by atoms with Crippen molar-refractivity contribution in [3.8, 4) is 11.5 Å². The van der Waals surface area contributed by atoms with Crippen molar-refractivity contribution in [1.82, 2.24) is 0 Å². The van der Waals surface area contributed by atoms with Gasteiger partial charge in [0.15, 0.2) is 0 Å². The highest BCUT2D eigenvalue weighted by atomic mass is 16.3. The molecule has 0 atom stereocenters. The van der Waals surface area contributed by atoms with Crippen LogP contribution in [-0.2, 0) is 25.7 Å². The number of hydrogen-bond acceptors (Lipinski definition) is 4. The summed E-state index contributed by atoms with van der Waals surface area (Å²) < 4.78 is 0. The molecule has 0 spiro atoms. The Morgan fingerprint density at radius 1 is 0.485 bits per heavy atom. The molecular weight excluding hydrogens is 408 g/mol. The van der Waals surface area contributed by atoms with E-state index in [1.165, 1.54) is 11.1 Å². The molecular formula is C29H30N2O2. The van der Waals surface area contributed by atoms with Crippen LogP contribution >= 0.6 is 0 Å². The lowest BCUT2D eigenvalue weighted by Gasteiger charge is -2.10. The Hall–Kier alpha value is -3.92. The summed E-state index contributed by atoms with van der Waals surface area (Å²) in [6.45, 7) is 0. The van der Waals surface area contributed by atoms with Crippen molar-refractivity contribution in [3.63, 3.8) is 0 Å². The number of phenols is 2. The zero-order valence-corrected chi connectivity index (χ0v) is 18.7. The van der Waals surface area contributed by atoms with E-state index in [1.54, 1.807) is 12.1 Å². The summed E-state index contributed by atoms with van der Waals surface area (Å²) in [6, 6.07) is 27.3. The van der Waals surface area contributed by atoms with Crippen LogP contribution in [0.1, 0.15) is 39.8 Å². The first-order valence-electron chi connectivity index (χ1n) is 11.3. The lowest BCUT2D eigenvalue weighted by atomic mass is 9.97. The van der Waals surface area contributed by atoms with Gasteiger partial charge in [-0.3, -0.25) is 0 Å². The summed E-state index contributed by atoms with van der Waals surface area (Å²) in [7, 11) is 0. The van der Waals surface area contributed by atoms with Crippen LogP contribution in [0.4, 0.5) is 11.4 Å². The van der Waals surface area contributed by atoms with Crippen molar-refractivity contribution in [2.45, 2.75) is 32.1 Å². The molecule has 0 fully saturated rings. The van der Waals surface area contributed by atoms with E-state index in [-0.39, 0.29) is 0 Å². The molecule has 0 heterocycles. The monoisotopic (exact) mass is 438 g/mol. The predicted octanol–water partition coefficient (Wildman–Crippen LogP) is 5.62. The molecule has 33 heavy (non-hydrogen) atoms. The molecule has 0 unspecified atom stereocenters. The van der Waals surface area contributed by atoms with E-state index in [4.69, 9.17) is 11.5 Å². The van der Waals surface area contributed by atoms with Crippen LogP contribution in [0.5, 0.6) is 11.5 Å². The summed E-state index contributed by atoms with van der Waals surface area (Å²) >= 11 is 0. The van der Waals surface area contributed by atoms with Gasteiger partial charge in [-0.15, -0.1) is 0 Å². The minimum atomic E-state index is 0.321. The van der Waals surface area contributed by atoms with Gasteiger partial charge in [-0.2, -0.15) is 0 Å². The molecule has 6 N–H and O–H groups in total. The molecule has 0 saturated carbocycles. The third-order valence-corrected chi connectivity index (χ3v) is 5.97. The maximum atomic E-state index is 10.3. The van der Waals surface area contributed by atoms with Crippen LogP contribution in [-0.4, -0.2) is 10.2 Å². The molecule has 0 bridgehead atoms. The van der Waals surface area contributed by atoms with Crippen molar-refractivity contribution in [1.29, 1.82) is 0 Å². The molecule has 4 aromatic carbocycles. The van der Waals surface area contributed by atoms with Crippen LogP contribution < -0.4 is 11.5 Å². The molecule has 4 heteroatoms. The molecule has 4 nitrogen and oxygen atoms in total. The van der Waals surface area contributed by atoms with Gasteiger partial charge in [0.1, 0.15) is 11.5 Å². The van der Waals surface area contributed by atoms with Crippen molar-refractivity contribution in [3.05, 3.63) is 118 Å². The highest BCUT2D eigenvalue weighted by molar-refractivity contribution is 5.45. The number of nitrogens with two attached hydrogens (primary N) is 2. The maximum Gasteiger partial charge on any atom is 0.119 e. The zero-order chi connectivity index (χ0) is 23.2. The Bertz CT molecular complexity index is 1120. The first-order valence-corrected chi connectivity index (χ1v) is 11.3. The van der Waals surface area contributed by atoms with E-state index >= 15 is 0 Å². The van der Waals surface area contributed by atoms with Crippen molar-refractivity contribution in [2.75, 3.05) is 11.5 Å². The smallest absolute Gasteiger partial charge is 0.119 e. The molecule has 0 aliphatic carbocycles. The fourth-order valence-electron chi connectivity index (χ4n) is 4.08. The minimum absolute atomic E-state index is 0.321. The SMILES string of the molecule is Nc1ccc(Cc2cc(CCCc3ccc(O)c(Cc4ccc(N)cc4)c3)ccc2O)cc1. The summed E-state index contributed by atoms with van der Waals surface area (Å²) in [5, 5.41) is 20.6. The Balaban J connectivity index is 1.38. The number of anilines is 2. The van der Waals surface area contributed by atoms with E-state index in [0.29, 0.717) is 24.3 Å². The summed E-state index contributed by atoms with van der Waals surface area (Å²) in [5.74, 6) is 0.642. The van der Waals surface area contributed by atoms with E-state index in [9.17, 15) is 10.2 Å². The van der Waals surface area contributed by atoms with Gasteiger partial charge in [-0.25, -0.2) is 0 Å². The first kappa shape index (κ1) is 22.3. The van der Waals surface area contributed by atoms with E-state index < -0.39 is 0 Å². The molecule has 0 aliphatic heterocycles. The zero-order valence-electron chi connectivity index (χ0n) is 18.7. The molecule has 4 aromatic rings. The molecule has 168 valence electrons. The van der Waals surface area contributed by atoms with Gasteiger partial charge in [0.25, 0.3) is 0 Å². The molecule has 4 rings (SSSR count). The van der Waals surface area contributed by atoms with Crippen LogP contribution in [0.3, 0.4) is 0 Å². The van der Waals surface area contributed by atoms with Crippen molar-refractivity contribution in [2.24, 2.45) is 0 Å². The topological polar surface area (TPSA) is 92.5 Å². The number of nitrogen functional groups attached to an aromatic ring is 2. The second-order valence-corrected chi connectivity index (χ2v) is 8.62. The molecule has 0 aliphatic rings. The van der Waals surface area contributed by atoms with Crippen molar-refractivity contribution < 1.29 is 10.2 Å². The number of aryl methyl sites for hydroxylation is 2. The molecule has 0 saturated heterocycles. The Kier molecular flexibility index (Phi) is 6.84. The molecule has 0 amide bonds. The quantitative estimate of drug-likeness (QED) is 0.269. The normalized spacial score (nSPS) is 10.9. The van der Waals surface area contributed by atoms with Crippen molar-refractivity contribution >= 4 is 11.4 Å². The van der Waals surface area contributed by atoms with Gasteiger partial charge in [0.05, 0.1) is 0 Å². The summed E-state index contributed by atoms with van der Waals surface area (Å²) in [5.41, 5.74) is 19.5.